The monoisotopic (exact) mass is 436 g/mol. The smallest absolute Gasteiger partial charge is 0.226 e. The van der Waals surface area contributed by atoms with Crippen LogP contribution < -0.4 is 10.6 Å². The number of aryl methyl sites for hydroxylation is 2. The van der Waals surface area contributed by atoms with E-state index in [1.807, 2.05) is 29.7 Å². The SMILES string of the molecule is Cc1ccc2nc(-c3ccc(F)c(C)c3)c(CC(=O)NC3CC(C)(C)NC(C)(C)C3)n2c1. The van der Waals surface area contributed by atoms with Gasteiger partial charge in [0.25, 0.3) is 0 Å². The van der Waals surface area contributed by atoms with Crippen molar-refractivity contribution >= 4 is 11.6 Å². The van der Waals surface area contributed by atoms with E-state index in [2.05, 4.69) is 38.3 Å². The molecule has 0 atom stereocenters. The number of hydrogen-bond acceptors (Lipinski definition) is 3. The average molecular weight is 437 g/mol. The summed E-state index contributed by atoms with van der Waals surface area (Å²) in [7, 11) is 0. The zero-order chi connectivity index (χ0) is 23.3. The van der Waals surface area contributed by atoms with Gasteiger partial charge < -0.3 is 15.0 Å². The van der Waals surface area contributed by atoms with Crippen LogP contribution in [0.3, 0.4) is 0 Å². The first-order valence-corrected chi connectivity index (χ1v) is 11.3. The van der Waals surface area contributed by atoms with Crippen molar-refractivity contribution in [3.05, 3.63) is 59.2 Å². The minimum Gasteiger partial charge on any atom is -0.353 e. The number of nitrogens with zero attached hydrogens (tertiary/aromatic N) is 2. The topological polar surface area (TPSA) is 58.4 Å². The predicted molar refractivity (Wildman–Crippen MR) is 126 cm³/mol. The normalized spacial score (nSPS) is 18.1. The van der Waals surface area contributed by atoms with Crippen molar-refractivity contribution < 1.29 is 9.18 Å². The molecule has 170 valence electrons. The van der Waals surface area contributed by atoms with E-state index < -0.39 is 0 Å². The number of pyridine rings is 1. The Morgan fingerprint density at radius 3 is 2.50 bits per heavy atom. The number of benzene rings is 1. The van der Waals surface area contributed by atoms with E-state index in [0.717, 1.165) is 41.0 Å². The quantitative estimate of drug-likeness (QED) is 0.622. The van der Waals surface area contributed by atoms with E-state index in [1.165, 1.54) is 6.07 Å². The lowest BCUT2D eigenvalue weighted by Gasteiger charge is -2.46. The van der Waals surface area contributed by atoms with Crippen molar-refractivity contribution in [2.24, 2.45) is 0 Å². The van der Waals surface area contributed by atoms with Gasteiger partial charge in [-0.25, -0.2) is 9.37 Å². The maximum Gasteiger partial charge on any atom is 0.226 e. The molecule has 1 amide bonds. The summed E-state index contributed by atoms with van der Waals surface area (Å²) in [5.74, 6) is -0.268. The Morgan fingerprint density at radius 1 is 1.16 bits per heavy atom. The molecule has 32 heavy (non-hydrogen) atoms. The highest BCUT2D eigenvalue weighted by atomic mass is 19.1. The second-order valence-electron chi connectivity index (χ2n) is 10.5. The van der Waals surface area contributed by atoms with Gasteiger partial charge in [-0.3, -0.25) is 4.79 Å². The van der Waals surface area contributed by atoms with E-state index >= 15 is 0 Å². The standard InChI is InChI=1S/C26H33FN4O/c1-16-7-10-22-29-24(18-8-9-20(27)17(2)11-18)21(31(22)15-16)12-23(32)28-19-13-25(3,4)30-26(5,6)14-19/h7-11,15,19,30H,12-14H2,1-6H3,(H,28,32). The van der Waals surface area contributed by atoms with Crippen LogP contribution in [0.25, 0.3) is 16.9 Å². The zero-order valence-corrected chi connectivity index (χ0v) is 19.8. The number of piperidine rings is 1. The molecule has 1 aliphatic rings. The first-order valence-electron chi connectivity index (χ1n) is 11.3. The molecule has 3 aromatic rings. The number of nitrogens with one attached hydrogen (secondary N) is 2. The van der Waals surface area contributed by atoms with Crippen LogP contribution in [0.2, 0.25) is 0 Å². The number of aromatic nitrogens is 2. The summed E-state index contributed by atoms with van der Waals surface area (Å²) in [6.45, 7) is 12.5. The number of amides is 1. The fourth-order valence-corrected chi connectivity index (χ4v) is 5.25. The van der Waals surface area contributed by atoms with Crippen LogP contribution in [0.4, 0.5) is 4.39 Å². The summed E-state index contributed by atoms with van der Waals surface area (Å²) in [6, 6.07) is 9.05. The van der Waals surface area contributed by atoms with E-state index in [4.69, 9.17) is 4.98 Å². The van der Waals surface area contributed by atoms with Crippen LogP contribution in [0, 0.1) is 19.7 Å². The Kier molecular flexibility index (Phi) is 5.61. The number of fused-ring (bicyclic) bond motifs is 1. The molecule has 2 aromatic heterocycles. The predicted octanol–water partition coefficient (Wildman–Crippen LogP) is 4.73. The number of imidazole rings is 1. The molecule has 1 aromatic carbocycles. The third-order valence-corrected chi connectivity index (χ3v) is 6.18. The van der Waals surface area contributed by atoms with Gasteiger partial charge in [-0.15, -0.1) is 0 Å². The molecular formula is C26H33FN4O. The van der Waals surface area contributed by atoms with Crippen LogP contribution in [0.5, 0.6) is 0 Å². The lowest BCUT2D eigenvalue weighted by molar-refractivity contribution is -0.121. The highest BCUT2D eigenvalue weighted by molar-refractivity contribution is 5.82. The molecule has 0 bridgehead atoms. The van der Waals surface area contributed by atoms with Gasteiger partial charge in [-0.1, -0.05) is 6.07 Å². The zero-order valence-electron chi connectivity index (χ0n) is 19.8. The van der Waals surface area contributed by atoms with Gasteiger partial charge in [0, 0.05) is 28.9 Å². The molecule has 3 heterocycles. The molecule has 5 nitrogen and oxygen atoms in total. The van der Waals surface area contributed by atoms with Crippen molar-refractivity contribution in [3.63, 3.8) is 0 Å². The number of hydrogen-bond donors (Lipinski definition) is 2. The molecule has 4 rings (SSSR count). The van der Waals surface area contributed by atoms with Crippen LogP contribution in [0.1, 0.15) is 57.4 Å². The number of halogens is 1. The van der Waals surface area contributed by atoms with Gasteiger partial charge in [-0.2, -0.15) is 0 Å². The van der Waals surface area contributed by atoms with E-state index in [9.17, 15) is 9.18 Å². The summed E-state index contributed by atoms with van der Waals surface area (Å²) in [6.07, 6.45) is 3.96. The number of rotatable bonds is 4. The van der Waals surface area contributed by atoms with E-state index in [1.54, 1.807) is 19.1 Å². The van der Waals surface area contributed by atoms with Gasteiger partial charge in [0.15, 0.2) is 0 Å². The van der Waals surface area contributed by atoms with Crippen molar-refractivity contribution in [1.29, 1.82) is 0 Å². The number of carbonyl (C=O) groups is 1. The van der Waals surface area contributed by atoms with Gasteiger partial charge in [0.05, 0.1) is 17.8 Å². The van der Waals surface area contributed by atoms with Gasteiger partial charge >= 0.3 is 0 Å². The summed E-state index contributed by atoms with van der Waals surface area (Å²) < 4.78 is 15.9. The molecule has 0 radical (unpaired) electrons. The molecule has 6 heteroatoms. The molecule has 0 spiro atoms. The van der Waals surface area contributed by atoms with Crippen LogP contribution >= 0.6 is 0 Å². The van der Waals surface area contributed by atoms with Crippen molar-refractivity contribution in [1.82, 2.24) is 20.0 Å². The summed E-state index contributed by atoms with van der Waals surface area (Å²) in [5.41, 5.74) is 4.69. The molecule has 0 saturated carbocycles. The van der Waals surface area contributed by atoms with E-state index in [0.29, 0.717) is 5.56 Å². The molecule has 1 saturated heterocycles. The molecule has 1 aliphatic heterocycles. The van der Waals surface area contributed by atoms with Crippen LogP contribution in [-0.2, 0) is 11.2 Å². The Labute approximate surface area is 189 Å². The Bertz CT molecular complexity index is 1160. The van der Waals surface area contributed by atoms with Gasteiger partial charge in [-0.05, 0) is 89.8 Å². The van der Waals surface area contributed by atoms with Gasteiger partial charge in [0.2, 0.25) is 5.91 Å². The lowest BCUT2D eigenvalue weighted by atomic mass is 9.79. The highest BCUT2D eigenvalue weighted by Crippen LogP contribution is 2.30. The van der Waals surface area contributed by atoms with Crippen molar-refractivity contribution in [2.45, 2.75) is 77.9 Å². The summed E-state index contributed by atoms with van der Waals surface area (Å²) in [5, 5.41) is 6.92. The first-order chi connectivity index (χ1) is 14.9. The Balaban J connectivity index is 1.66. The molecular weight excluding hydrogens is 403 g/mol. The number of carbonyl (C=O) groups excluding carboxylic acids is 1. The Morgan fingerprint density at radius 2 is 1.84 bits per heavy atom. The fraction of sp³-hybridized carbons (Fsp3) is 0.462. The minimum absolute atomic E-state index is 0.0214. The summed E-state index contributed by atoms with van der Waals surface area (Å²) in [4.78, 5) is 18.0. The Hall–Kier alpha value is -2.73. The molecule has 0 unspecified atom stereocenters. The fourth-order valence-electron chi connectivity index (χ4n) is 5.25. The first kappa shape index (κ1) is 22.5. The average Bonchev–Trinajstić information content (AvgIpc) is 2.99. The largest absolute Gasteiger partial charge is 0.353 e. The second kappa shape index (κ2) is 8.00. The maximum atomic E-state index is 13.9. The van der Waals surface area contributed by atoms with Crippen molar-refractivity contribution in [2.75, 3.05) is 0 Å². The lowest BCUT2D eigenvalue weighted by Crippen LogP contribution is -2.62. The summed E-state index contributed by atoms with van der Waals surface area (Å²) >= 11 is 0. The third-order valence-electron chi connectivity index (χ3n) is 6.18. The molecule has 2 N–H and O–H groups in total. The maximum absolute atomic E-state index is 13.9. The minimum atomic E-state index is -0.246. The third kappa shape index (κ3) is 4.70. The van der Waals surface area contributed by atoms with Crippen molar-refractivity contribution in [3.8, 4) is 11.3 Å². The van der Waals surface area contributed by atoms with E-state index in [-0.39, 0.29) is 35.3 Å². The highest BCUT2D eigenvalue weighted by Gasteiger charge is 2.38. The molecule has 1 fully saturated rings. The van der Waals surface area contributed by atoms with Gasteiger partial charge in [0.1, 0.15) is 11.5 Å². The second-order valence-corrected chi connectivity index (χ2v) is 10.5. The molecule has 0 aliphatic carbocycles. The van der Waals surface area contributed by atoms with Crippen LogP contribution in [0.15, 0.2) is 36.5 Å². The van der Waals surface area contributed by atoms with Crippen LogP contribution in [-0.4, -0.2) is 32.4 Å².